The molecule has 11 nitrogen and oxygen atoms in total. The van der Waals surface area contributed by atoms with E-state index in [0.29, 0.717) is 0 Å². The number of carbonyl (C=O) groups excluding carboxylic acids is 5. The predicted molar refractivity (Wildman–Crippen MR) is 142 cm³/mol. The fourth-order valence-electron chi connectivity index (χ4n) is 3.24. The van der Waals surface area contributed by atoms with Gasteiger partial charge in [-0.25, -0.2) is 9.59 Å². The number of nitrogens with one attached hydrogen (secondary N) is 4. The van der Waals surface area contributed by atoms with E-state index in [2.05, 4.69) is 34.4 Å². The minimum absolute atomic E-state index is 0.101. The van der Waals surface area contributed by atoms with Crippen molar-refractivity contribution in [2.75, 3.05) is 13.7 Å². The van der Waals surface area contributed by atoms with Crippen molar-refractivity contribution in [1.82, 2.24) is 21.3 Å². The summed E-state index contributed by atoms with van der Waals surface area (Å²) in [5.41, 5.74) is 0.00873. The van der Waals surface area contributed by atoms with Gasteiger partial charge in [-0.1, -0.05) is 42.5 Å². The van der Waals surface area contributed by atoms with Gasteiger partial charge < -0.3 is 30.7 Å². The lowest BCUT2D eigenvalue weighted by molar-refractivity contribution is -0.145. The Balaban J connectivity index is 2.88. The first kappa shape index (κ1) is 31.9. The number of hydrogen-bond donors (Lipinski definition) is 4. The van der Waals surface area contributed by atoms with Gasteiger partial charge in [0, 0.05) is 6.42 Å². The monoisotopic (exact) mass is 530 g/mol. The maximum Gasteiger partial charge on any atom is 0.408 e. The van der Waals surface area contributed by atoms with Crippen LogP contribution in [-0.4, -0.2) is 67.2 Å². The van der Waals surface area contributed by atoms with Crippen LogP contribution in [0.1, 0.15) is 39.2 Å². The van der Waals surface area contributed by atoms with Crippen molar-refractivity contribution in [1.29, 1.82) is 0 Å². The van der Waals surface area contributed by atoms with E-state index in [4.69, 9.17) is 9.47 Å². The fourth-order valence-corrected chi connectivity index (χ4v) is 3.24. The highest BCUT2D eigenvalue weighted by Gasteiger charge is 2.28. The molecule has 38 heavy (non-hydrogen) atoms. The van der Waals surface area contributed by atoms with Gasteiger partial charge in [-0.05, 0) is 39.2 Å². The van der Waals surface area contributed by atoms with E-state index in [0.717, 1.165) is 5.56 Å². The molecule has 0 fully saturated rings. The van der Waals surface area contributed by atoms with Crippen molar-refractivity contribution >= 4 is 29.8 Å². The Morgan fingerprint density at radius 1 is 0.868 bits per heavy atom. The van der Waals surface area contributed by atoms with Crippen LogP contribution in [0.4, 0.5) is 4.79 Å². The first-order valence-electron chi connectivity index (χ1n) is 12.1. The molecular weight excluding hydrogens is 492 g/mol. The minimum Gasteiger partial charge on any atom is -0.467 e. The standard InChI is InChI=1S/C27H38N4O7/c1-7-12-19(31-26(36)38-27(3,4)5)23(33)28-17-22(32)29-21(16-18-14-10-9-11-15-18)24(34)30-20(13-8-2)25(35)37-6/h7-11,14-15,19-21H,1-2,12-13,16-17H2,3-6H3,(H,28,33)(H,29,32)(H,30,34)(H,31,36)/t19-,20-,21+/m1/s1. The zero-order valence-corrected chi connectivity index (χ0v) is 22.4. The van der Waals surface area contributed by atoms with Crippen LogP contribution < -0.4 is 21.3 Å². The maximum absolute atomic E-state index is 13.0. The van der Waals surface area contributed by atoms with E-state index >= 15 is 0 Å². The van der Waals surface area contributed by atoms with Gasteiger partial charge in [0.15, 0.2) is 0 Å². The van der Waals surface area contributed by atoms with Crippen LogP contribution >= 0.6 is 0 Å². The van der Waals surface area contributed by atoms with Gasteiger partial charge in [-0.2, -0.15) is 0 Å². The third kappa shape index (κ3) is 12.2. The molecule has 1 aromatic rings. The molecule has 11 heteroatoms. The number of benzene rings is 1. The summed E-state index contributed by atoms with van der Waals surface area (Å²) in [6.07, 6.45) is 2.49. The normalized spacial score (nSPS) is 13.1. The quantitative estimate of drug-likeness (QED) is 0.210. The number of methoxy groups -OCH3 is 1. The molecule has 4 amide bonds. The SMILES string of the molecule is C=CC[C@@H](NC(=O)OC(C)(C)C)C(=O)NCC(=O)N[C@@H](Cc1ccccc1)C(=O)N[C@H](CC=C)C(=O)OC. The van der Waals surface area contributed by atoms with Crippen LogP contribution in [0, 0.1) is 0 Å². The van der Waals surface area contributed by atoms with Gasteiger partial charge in [0.25, 0.3) is 0 Å². The highest BCUT2D eigenvalue weighted by Crippen LogP contribution is 2.08. The molecule has 4 N–H and O–H groups in total. The molecule has 0 saturated carbocycles. The second-order valence-electron chi connectivity index (χ2n) is 9.36. The summed E-state index contributed by atoms with van der Waals surface area (Å²) in [4.78, 5) is 62.4. The van der Waals surface area contributed by atoms with Crippen molar-refractivity contribution < 1.29 is 33.4 Å². The van der Waals surface area contributed by atoms with E-state index in [9.17, 15) is 24.0 Å². The Morgan fingerprint density at radius 2 is 1.47 bits per heavy atom. The second-order valence-corrected chi connectivity index (χ2v) is 9.36. The molecule has 0 aliphatic heterocycles. The van der Waals surface area contributed by atoms with E-state index in [1.165, 1.54) is 19.3 Å². The highest BCUT2D eigenvalue weighted by molar-refractivity contribution is 5.93. The molecule has 1 aromatic carbocycles. The molecule has 208 valence electrons. The van der Waals surface area contributed by atoms with Gasteiger partial charge in [-0.15, -0.1) is 13.2 Å². The van der Waals surface area contributed by atoms with E-state index < -0.39 is 60.1 Å². The van der Waals surface area contributed by atoms with Crippen LogP contribution in [0.25, 0.3) is 0 Å². The zero-order valence-electron chi connectivity index (χ0n) is 22.4. The number of ether oxygens (including phenoxy) is 2. The number of rotatable bonds is 14. The molecule has 0 radical (unpaired) electrons. The van der Waals surface area contributed by atoms with Crippen molar-refractivity contribution in [3.63, 3.8) is 0 Å². The first-order chi connectivity index (χ1) is 17.9. The largest absolute Gasteiger partial charge is 0.467 e. The number of carbonyl (C=O) groups is 5. The third-order valence-corrected chi connectivity index (χ3v) is 4.97. The number of esters is 1. The predicted octanol–water partition coefficient (Wildman–Crippen LogP) is 1.53. The number of hydrogen-bond acceptors (Lipinski definition) is 7. The van der Waals surface area contributed by atoms with Crippen molar-refractivity contribution in [2.45, 2.75) is 63.8 Å². The van der Waals surface area contributed by atoms with Crippen LogP contribution in [0.3, 0.4) is 0 Å². The number of alkyl carbamates (subject to hydrolysis) is 1. The second kappa shape index (κ2) is 15.9. The first-order valence-corrected chi connectivity index (χ1v) is 12.1. The lowest BCUT2D eigenvalue weighted by atomic mass is 10.0. The molecule has 0 unspecified atom stereocenters. The van der Waals surface area contributed by atoms with Crippen molar-refractivity contribution in [3.05, 3.63) is 61.2 Å². The Labute approximate surface area is 223 Å². The molecule has 0 aromatic heterocycles. The Kier molecular flexibility index (Phi) is 13.3. The van der Waals surface area contributed by atoms with Crippen molar-refractivity contribution in [2.24, 2.45) is 0 Å². The summed E-state index contributed by atoms with van der Waals surface area (Å²) < 4.78 is 9.90. The summed E-state index contributed by atoms with van der Waals surface area (Å²) in [5, 5.41) is 10.1. The van der Waals surface area contributed by atoms with Crippen LogP contribution in [0.15, 0.2) is 55.6 Å². The van der Waals surface area contributed by atoms with Gasteiger partial charge >= 0.3 is 12.1 Å². The lowest BCUT2D eigenvalue weighted by Gasteiger charge is -2.23. The molecule has 0 bridgehead atoms. The molecule has 0 aliphatic rings. The van der Waals surface area contributed by atoms with Crippen molar-refractivity contribution in [3.8, 4) is 0 Å². The summed E-state index contributed by atoms with van der Waals surface area (Å²) >= 11 is 0. The molecule has 0 saturated heterocycles. The van der Waals surface area contributed by atoms with Gasteiger partial charge in [0.05, 0.1) is 13.7 Å². The Morgan fingerprint density at radius 3 is 2.03 bits per heavy atom. The molecule has 1 rings (SSSR count). The van der Waals surface area contributed by atoms with Crippen LogP contribution in [0.5, 0.6) is 0 Å². The topological polar surface area (TPSA) is 152 Å². The Hall–Kier alpha value is -4.15. The lowest BCUT2D eigenvalue weighted by Crippen LogP contribution is -2.55. The number of amides is 4. The van der Waals surface area contributed by atoms with E-state index in [1.54, 1.807) is 45.0 Å². The van der Waals surface area contributed by atoms with Gasteiger partial charge in [-0.3, -0.25) is 14.4 Å². The fraction of sp³-hybridized carbons (Fsp3) is 0.444. The molecular formula is C27H38N4O7. The summed E-state index contributed by atoms with van der Waals surface area (Å²) in [7, 11) is 1.20. The van der Waals surface area contributed by atoms with E-state index in [-0.39, 0.29) is 19.3 Å². The molecule has 0 spiro atoms. The molecule has 0 aliphatic carbocycles. The summed E-state index contributed by atoms with van der Waals surface area (Å²) in [5.74, 6) is -2.54. The molecule has 3 atom stereocenters. The summed E-state index contributed by atoms with van der Waals surface area (Å²) in [6, 6.07) is 5.93. The third-order valence-electron chi connectivity index (χ3n) is 4.97. The van der Waals surface area contributed by atoms with Crippen LogP contribution in [-0.2, 0) is 35.1 Å². The average molecular weight is 531 g/mol. The Bertz CT molecular complexity index is 989. The summed E-state index contributed by atoms with van der Waals surface area (Å²) in [6.45, 7) is 11.8. The molecule has 0 heterocycles. The van der Waals surface area contributed by atoms with Crippen LogP contribution in [0.2, 0.25) is 0 Å². The highest BCUT2D eigenvalue weighted by atomic mass is 16.6. The van der Waals surface area contributed by atoms with Gasteiger partial charge in [0.2, 0.25) is 17.7 Å². The van der Waals surface area contributed by atoms with E-state index in [1.807, 2.05) is 6.07 Å². The smallest absolute Gasteiger partial charge is 0.408 e. The maximum atomic E-state index is 13.0. The van der Waals surface area contributed by atoms with Gasteiger partial charge in [0.1, 0.15) is 23.7 Å². The minimum atomic E-state index is -1.05. The zero-order chi connectivity index (χ0) is 28.7. The average Bonchev–Trinajstić information content (AvgIpc) is 2.85.